The molecule has 12 heavy (non-hydrogen) atoms. The fourth-order valence-electron chi connectivity index (χ4n) is 1.14. The second-order valence-electron chi connectivity index (χ2n) is 2.60. The van der Waals surface area contributed by atoms with Gasteiger partial charge in [-0.25, -0.2) is 0 Å². The molecule has 0 radical (unpaired) electrons. The number of anilines is 1. The number of rotatable bonds is 2. The molecule has 0 aliphatic rings. The molecule has 0 aliphatic carbocycles. The number of aryl methyl sites for hydroxylation is 1. The van der Waals surface area contributed by atoms with E-state index in [-0.39, 0.29) is 0 Å². The van der Waals surface area contributed by atoms with Crippen molar-refractivity contribution in [2.75, 3.05) is 5.73 Å². The number of hydrogen-bond acceptors (Lipinski definition) is 2. The van der Waals surface area contributed by atoms with Crippen LogP contribution in [0, 0.1) is 0 Å². The van der Waals surface area contributed by atoms with E-state index >= 15 is 0 Å². The Morgan fingerprint density at radius 3 is 2.67 bits per heavy atom. The van der Waals surface area contributed by atoms with Gasteiger partial charge in [0.05, 0.1) is 0 Å². The number of nitrogens with two attached hydrogens (primary N) is 2. The first-order valence-corrected chi connectivity index (χ1v) is 4.24. The minimum absolute atomic E-state index is 0.364. The molecule has 0 heterocycles. The summed E-state index contributed by atoms with van der Waals surface area (Å²) < 4.78 is 0. The Kier molecular flexibility index (Phi) is 2.65. The molecule has 3 heteroatoms. The normalized spacial score (nSPS) is 9.75. The zero-order chi connectivity index (χ0) is 9.14. The maximum Gasteiger partial charge on any atom is 0.106 e. The third kappa shape index (κ3) is 1.56. The van der Waals surface area contributed by atoms with Gasteiger partial charge in [-0.1, -0.05) is 31.3 Å². The third-order valence-electron chi connectivity index (χ3n) is 1.84. The predicted octanol–water partition coefficient (Wildman–Crippen LogP) is 1.47. The summed E-state index contributed by atoms with van der Waals surface area (Å²) in [4.78, 5) is 0.364. The van der Waals surface area contributed by atoms with Crippen molar-refractivity contribution in [3.63, 3.8) is 0 Å². The number of benzene rings is 1. The molecule has 0 unspecified atom stereocenters. The van der Waals surface area contributed by atoms with Crippen molar-refractivity contribution in [1.29, 1.82) is 0 Å². The molecule has 0 bridgehead atoms. The summed E-state index contributed by atoms with van der Waals surface area (Å²) in [6, 6.07) is 5.75. The van der Waals surface area contributed by atoms with E-state index in [1.54, 1.807) is 0 Å². The lowest BCUT2D eigenvalue weighted by Crippen LogP contribution is -2.13. The highest BCUT2D eigenvalue weighted by atomic mass is 32.1. The van der Waals surface area contributed by atoms with E-state index < -0.39 is 0 Å². The Bertz CT molecular complexity index is 307. The summed E-state index contributed by atoms with van der Waals surface area (Å²) in [6.45, 7) is 2.05. The van der Waals surface area contributed by atoms with Gasteiger partial charge in [-0.2, -0.15) is 0 Å². The molecule has 0 aliphatic heterocycles. The minimum Gasteiger partial charge on any atom is -0.398 e. The number of hydrogen-bond donors (Lipinski definition) is 2. The smallest absolute Gasteiger partial charge is 0.106 e. The van der Waals surface area contributed by atoms with Crippen LogP contribution >= 0.6 is 12.2 Å². The van der Waals surface area contributed by atoms with Crippen LogP contribution < -0.4 is 11.5 Å². The average Bonchev–Trinajstić information content (AvgIpc) is 2.04. The molecule has 4 N–H and O–H groups in total. The molecule has 1 aromatic carbocycles. The van der Waals surface area contributed by atoms with Crippen molar-refractivity contribution in [2.45, 2.75) is 13.3 Å². The second-order valence-corrected chi connectivity index (χ2v) is 3.04. The molecule has 2 nitrogen and oxygen atoms in total. The van der Waals surface area contributed by atoms with Crippen molar-refractivity contribution in [1.82, 2.24) is 0 Å². The van der Waals surface area contributed by atoms with Gasteiger partial charge in [0.1, 0.15) is 4.99 Å². The molecule has 0 spiro atoms. The summed E-state index contributed by atoms with van der Waals surface area (Å²) in [7, 11) is 0. The van der Waals surface area contributed by atoms with Gasteiger partial charge in [0.2, 0.25) is 0 Å². The lowest BCUT2D eigenvalue weighted by atomic mass is 10.1. The first-order chi connectivity index (χ1) is 5.66. The highest BCUT2D eigenvalue weighted by Crippen LogP contribution is 2.17. The first-order valence-electron chi connectivity index (χ1n) is 3.84. The number of para-hydroxylation sites is 1. The lowest BCUT2D eigenvalue weighted by molar-refractivity contribution is 1.14. The number of nitrogen functional groups attached to an aromatic ring is 1. The molecule has 0 fully saturated rings. The molecule has 0 atom stereocenters. The van der Waals surface area contributed by atoms with Crippen molar-refractivity contribution in [3.8, 4) is 0 Å². The highest BCUT2D eigenvalue weighted by Gasteiger charge is 2.04. The Balaban J connectivity index is 3.23. The maximum atomic E-state index is 5.83. The monoisotopic (exact) mass is 180 g/mol. The Morgan fingerprint density at radius 2 is 2.17 bits per heavy atom. The Morgan fingerprint density at radius 1 is 1.50 bits per heavy atom. The second kappa shape index (κ2) is 3.54. The first kappa shape index (κ1) is 9.00. The fraction of sp³-hybridized carbons (Fsp3) is 0.222. The van der Waals surface area contributed by atoms with Crippen LogP contribution in [0.15, 0.2) is 18.2 Å². The molecule has 64 valence electrons. The molecule has 0 saturated heterocycles. The van der Waals surface area contributed by atoms with E-state index in [1.165, 1.54) is 0 Å². The Labute approximate surface area is 77.6 Å². The van der Waals surface area contributed by atoms with Gasteiger partial charge in [0.25, 0.3) is 0 Å². The van der Waals surface area contributed by atoms with Gasteiger partial charge in [0, 0.05) is 11.3 Å². The van der Waals surface area contributed by atoms with Crippen LogP contribution in [0.2, 0.25) is 0 Å². The summed E-state index contributed by atoms with van der Waals surface area (Å²) in [5.41, 5.74) is 13.9. The van der Waals surface area contributed by atoms with Crippen LogP contribution in [0.1, 0.15) is 18.1 Å². The van der Waals surface area contributed by atoms with Crippen LogP contribution in [0.4, 0.5) is 5.69 Å². The molecule has 1 aromatic rings. The van der Waals surface area contributed by atoms with Crippen molar-refractivity contribution >= 4 is 22.9 Å². The van der Waals surface area contributed by atoms with E-state index in [0.29, 0.717) is 10.7 Å². The average molecular weight is 180 g/mol. The standard InChI is InChI=1S/C9H12N2S/c1-2-6-4-3-5-7(8(6)10)9(11)12/h3-5H,2,10H2,1H3,(H2,11,12). The van der Waals surface area contributed by atoms with Crippen LogP contribution in [-0.4, -0.2) is 4.99 Å². The van der Waals surface area contributed by atoms with Crippen LogP contribution in [0.5, 0.6) is 0 Å². The molecular weight excluding hydrogens is 168 g/mol. The van der Waals surface area contributed by atoms with Gasteiger partial charge in [-0.05, 0) is 18.1 Å². The maximum absolute atomic E-state index is 5.83. The molecular formula is C9H12N2S. The largest absolute Gasteiger partial charge is 0.398 e. The van der Waals surface area contributed by atoms with Crippen molar-refractivity contribution in [3.05, 3.63) is 29.3 Å². The number of thiocarbonyl (C=S) groups is 1. The molecule has 0 amide bonds. The SMILES string of the molecule is CCc1cccc(C(N)=S)c1N. The van der Waals surface area contributed by atoms with Gasteiger partial charge >= 0.3 is 0 Å². The summed E-state index contributed by atoms with van der Waals surface area (Å²) in [5.74, 6) is 0. The molecule has 0 saturated carbocycles. The van der Waals surface area contributed by atoms with Crippen LogP contribution in [-0.2, 0) is 6.42 Å². The zero-order valence-electron chi connectivity index (χ0n) is 7.00. The summed E-state index contributed by atoms with van der Waals surface area (Å²) in [6.07, 6.45) is 0.905. The van der Waals surface area contributed by atoms with Crippen molar-refractivity contribution in [2.24, 2.45) is 5.73 Å². The van der Waals surface area contributed by atoms with E-state index in [4.69, 9.17) is 23.7 Å². The summed E-state index contributed by atoms with van der Waals surface area (Å²) >= 11 is 4.85. The van der Waals surface area contributed by atoms with Gasteiger partial charge in [-0.15, -0.1) is 0 Å². The van der Waals surface area contributed by atoms with E-state index in [0.717, 1.165) is 17.5 Å². The minimum atomic E-state index is 0.364. The van der Waals surface area contributed by atoms with Crippen molar-refractivity contribution < 1.29 is 0 Å². The van der Waals surface area contributed by atoms with Crippen LogP contribution in [0.25, 0.3) is 0 Å². The van der Waals surface area contributed by atoms with Gasteiger partial charge in [0.15, 0.2) is 0 Å². The molecule has 0 aromatic heterocycles. The van der Waals surface area contributed by atoms with Gasteiger partial charge < -0.3 is 11.5 Å². The van der Waals surface area contributed by atoms with E-state index in [2.05, 4.69) is 6.92 Å². The molecule has 1 rings (SSSR count). The lowest BCUT2D eigenvalue weighted by Gasteiger charge is -2.07. The third-order valence-corrected chi connectivity index (χ3v) is 2.06. The van der Waals surface area contributed by atoms with Crippen LogP contribution in [0.3, 0.4) is 0 Å². The fourth-order valence-corrected chi connectivity index (χ4v) is 1.31. The topological polar surface area (TPSA) is 52.0 Å². The highest BCUT2D eigenvalue weighted by molar-refractivity contribution is 7.80. The van der Waals surface area contributed by atoms with Gasteiger partial charge in [-0.3, -0.25) is 0 Å². The Hall–Kier alpha value is -1.09. The van der Waals surface area contributed by atoms with E-state index in [1.807, 2.05) is 18.2 Å². The quantitative estimate of drug-likeness (QED) is 0.535. The van der Waals surface area contributed by atoms with E-state index in [9.17, 15) is 0 Å². The summed E-state index contributed by atoms with van der Waals surface area (Å²) in [5, 5.41) is 0. The predicted molar refractivity (Wildman–Crippen MR) is 56.1 cm³/mol. The zero-order valence-corrected chi connectivity index (χ0v) is 7.82.